The third kappa shape index (κ3) is 2.04. The average Bonchev–Trinajstić information content (AvgIpc) is 2.28. The SMILES string of the molecule is CCOC(=O)[C@H]1CCCc2ccccc21. The summed E-state index contributed by atoms with van der Waals surface area (Å²) in [7, 11) is 0. The van der Waals surface area contributed by atoms with E-state index in [2.05, 4.69) is 12.1 Å². The third-order valence-electron chi connectivity index (χ3n) is 2.94. The summed E-state index contributed by atoms with van der Waals surface area (Å²) in [5.74, 6) is -0.0976. The van der Waals surface area contributed by atoms with Crippen molar-refractivity contribution in [3.63, 3.8) is 0 Å². The molecule has 1 aliphatic rings. The van der Waals surface area contributed by atoms with Crippen molar-refractivity contribution in [2.75, 3.05) is 6.61 Å². The van der Waals surface area contributed by atoms with E-state index in [1.54, 1.807) is 0 Å². The molecular weight excluding hydrogens is 188 g/mol. The molecule has 2 nitrogen and oxygen atoms in total. The van der Waals surface area contributed by atoms with Gasteiger partial charge < -0.3 is 4.74 Å². The smallest absolute Gasteiger partial charge is 0.313 e. The maximum absolute atomic E-state index is 11.7. The Morgan fingerprint density at radius 2 is 2.27 bits per heavy atom. The number of rotatable bonds is 2. The lowest BCUT2D eigenvalue weighted by atomic mass is 9.83. The van der Waals surface area contributed by atoms with E-state index in [0.717, 1.165) is 19.3 Å². The van der Waals surface area contributed by atoms with E-state index >= 15 is 0 Å². The van der Waals surface area contributed by atoms with Gasteiger partial charge in [-0.3, -0.25) is 4.79 Å². The van der Waals surface area contributed by atoms with Crippen LogP contribution >= 0.6 is 0 Å². The monoisotopic (exact) mass is 204 g/mol. The zero-order valence-corrected chi connectivity index (χ0v) is 9.03. The number of hydrogen-bond acceptors (Lipinski definition) is 2. The van der Waals surface area contributed by atoms with Crippen LogP contribution in [0.2, 0.25) is 0 Å². The highest BCUT2D eigenvalue weighted by Gasteiger charge is 2.26. The van der Waals surface area contributed by atoms with E-state index in [1.807, 2.05) is 19.1 Å². The van der Waals surface area contributed by atoms with Crippen molar-refractivity contribution in [3.8, 4) is 0 Å². The number of fused-ring (bicyclic) bond motifs is 1. The zero-order valence-electron chi connectivity index (χ0n) is 9.03. The van der Waals surface area contributed by atoms with E-state index < -0.39 is 0 Å². The molecule has 0 N–H and O–H groups in total. The van der Waals surface area contributed by atoms with Crippen LogP contribution in [-0.4, -0.2) is 12.6 Å². The van der Waals surface area contributed by atoms with E-state index in [0.29, 0.717) is 6.61 Å². The molecule has 0 saturated heterocycles. The summed E-state index contributed by atoms with van der Waals surface area (Å²) in [6, 6.07) is 8.19. The van der Waals surface area contributed by atoms with Gasteiger partial charge in [-0.15, -0.1) is 0 Å². The Bertz CT molecular complexity index is 357. The molecule has 0 fully saturated rings. The lowest BCUT2D eigenvalue weighted by molar-refractivity contribution is -0.145. The van der Waals surface area contributed by atoms with Crippen molar-refractivity contribution < 1.29 is 9.53 Å². The van der Waals surface area contributed by atoms with Crippen LogP contribution in [0.4, 0.5) is 0 Å². The van der Waals surface area contributed by atoms with E-state index in [9.17, 15) is 4.79 Å². The molecule has 2 heteroatoms. The Labute approximate surface area is 90.3 Å². The molecular formula is C13H16O2. The van der Waals surface area contributed by atoms with E-state index in [4.69, 9.17) is 4.74 Å². The number of benzene rings is 1. The van der Waals surface area contributed by atoms with Crippen LogP contribution in [0.25, 0.3) is 0 Å². The highest BCUT2D eigenvalue weighted by atomic mass is 16.5. The largest absolute Gasteiger partial charge is 0.466 e. The Kier molecular flexibility index (Phi) is 3.05. The fourth-order valence-electron chi connectivity index (χ4n) is 2.24. The number of ether oxygens (including phenoxy) is 1. The lowest BCUT2D eigenvalue weighted by Crippen LogP contribution is -2.20. The average molecular weight is 204 g/mol. The topological polar surface area (TPSA) is 26.3 Å². The Morgan fingerprint density at radius 3 is 3.07 bits per heavy atom. The van der Waals surface area contributed by atoms with Crippen molar-refractivity contribution in [2.45, 2.75) is 32.1 Å². The first-order chi connectivity index (χ1) is 7.33. The van der Waals surface area contributed by atoms with Gasteiger partial charge in [0.05, 0.1) is 12.5 Å². The molecule has 15 heavy (non-hydrogen) atoms. The third-order valence-corrected chi connectivity index (χ3v) is 2.94. The number of esters is 1. The minimum absolute atomic E-state index is 0.0325. The zero-order chi connectivity index (χ0) is 10.7. The summed E-state index contributed by atoms with van der Waals surface area (Å²) < 4.78 is 5.10. The fraction of sp³-hybridized carbons (Fsp3) is 0.462. The molecule has 0 unspecified atom stereocenters. The molecule has 0 spiro atoms. The second kappa shape index (κ2) is 4.47. The van der Waals surface area contributed by atoms with Gasteiger partial charge in [-0.05, 0) is 37.3 Å². The van der Waals surface area contributed by atoms with Crippen molar-refractivity contribution in [1.82, 2.24) is 0 Å². The van der Waals surface area contributed by atoms with Gasteiger partial charge in [0.2, 0.25) is 0 Å². The van der Waals surface area contributed by atoms with Gasteiger partial charge in [-0.1, -0.05) is 24.3 Å². The molecule has 1 aromatic carbocycles. The van der Waals surface area contributed by atoms with Gasteiger partial charge in [0.15, 0.2) is 0 Å². The summed E-state index contributed by atoms with van der Waals surface area (Å²) in [6.45, 7) is 2.32. The summed E-state index contributed by atoms with van der Waals surface area (Å²) in [5.41, 5.74) is 2.48. The first-order valence-corrected chi connectivity index (χ1v) is 5.57. The van der Waals surface area contributed by atoms with Gasteiger partial charge in [0.1, 0.15) is 0 Å². The van der Waals surface area contributed by atoms with Crippen molar-refractivity contribution in [3.05, 3.63) is 35.4 Å². The molecule has 2 rings (SSSR count). The molecule has 0 aromatic heterocycles. The maximum atomic E-state index is 11.7. The summed E-state index contributed by atoms with van der Waals surface area (Å²) >= 11 is 0. The van der Waals surface area contributed by atoms with Gasteiger partial charge in [-0.2, -0.15) is 0 Å². The number of carbonyl (C=O) groups excluding carboxylic acids is 1. The van der Waals surface area contributed by atoms with Crippen LogP contribution in [0.5, 0.6) is 0 Å². The lowest BCUT2D eigenvalue weighted by Gasteiger charge is -2.23. The van der Waals surface area contributed by atoms with Crippen LogP contribution in [0.15, 0.2) is 24.3 Å². The Balaban J connectivity index is 2.25. The Hall–Kier alpha value is -1.31. The predicted octanol–water partition coefficient (Wildman–Crippen LogP) is 2.67. The second-order valence-electron chi connectivity index (χ2n) is 3.90. The number of aryl methyl sites for hydroxylation is 1. The summed E-state index contributed by atoms with van der Waals surface area (Å²) in [6.07, 6.45) is 3.10. The number of carbonyl (C=O) groups is 1. The van der Waals surface area contributed by atoms with Gasteiger partial charge in [-0.25, -0.2) is 0 Å². The van der Waals surface area contributed by atoms with Crippen LogP contribution < -0.4 is 0 Å². The summed E-state index contributed by atoms with van der Waals surface area (Å²) in [5, 5.41) is 0. The minimum Gasteiger partial charge on any atom is -0.466 e. The molecule has 1 aromatic rings. The van der Waals surface area contributed by atoms with Crippen LogP contribution in [0.1, 0.15) is 36.8 Å². The molecule has 1 aliphatic carbocycles. The van der Waals surface area contributed by atoms with Crippen LogP contribution in [-0.2, 0) is 16.0 Å². The minimum atomic E-state index is -0.0651. The molecule has 0 amide bonds. The highest BCUT2D eigenvalue weighted by molar-refractivity contribution is 5.79. The number of hydrogen-bond donors (Lipinski definition) is 0. The summed E-state index contributed by atoms with van der Waals surface area (Å²) in [4.78, 5) is 11.7. The van der Waals surface area contributed by atoms with Crippen molar-refractivity contribution >= 4 is 5.97 Å². The van der Waals surface area contributed by atoms with Crippen LogP contribution in [0, 0.1) is 0 Å². The van der Waals surface area contributed by atoms with E-state index in [1.165, 1.54) is 11.1 Å². The van der Waals surface area contributed by atoms with Crippen LogP contribution in [0.3, 0.4) is 0 Å². The van der Waals surface area contributed by atoms with E-state index in [-0.39, 0.29) is 11.9 Å². The normalized spacial score (nSPS) is 19.4. The fourth-order valence-corrected chi connectivity index (χ4v) is 2.24. The molecule has 0 bridgehead atoms. The highest BCUT2D eigenvalue weighted by Crippen LogP contribution is 2.32. The first kappa shape index (κ1) is 10.2. The first-order valence-electron chi connectivity index (χ1n) is 5.57. The Morgan fingerprint density at radius 1 is 1.47 bits per heavy atom. The van der Waals surface area contributed by atoms with Crippen molar-refractivity contribution in [1.29, 1.82) is 0 Å². The predicted molar refractivity (Wildman–Crippen MR) is 58.8 cm³/mol. The molecule has 0 radical (unpaired) electrons. The molecule has 0 heterocycles. The maximum Gasteiger partial charge on any atom is 0.313 e. The van der Waals surface area contributed by atoms with Gasteiger partial charge >= 0.3 is 5.97 Å². The second-order valence-corrected chi connectivity index (χ2v) is 3.90. The molecule has 1 atom stereocenters. The van der Waals surface area contributed by atoms with Gasteiger partial charge in [0, 0.05) is 0 Å². The molecule has 80 valence electrons. The van der Waals surface area contributed by atoms with Crippen molar-refractivity contribution in [2.24, 2.45) is 0 Å². The molecule has 0 aliphatic heterocycles. The standard InChI is InChI=1S/C13H16O2/c1-2-15-13(14)12-9-5-7-10-6-3-4-8-11(10)12/h3-4,6,8,12H,2,5,7,9H2,1H3/t12-/m0/s1. The van der Waals surface area contributed by atoms with Gasteiger partial charge in [0.25, 0.3) is 0 Å². The molecule has 0 saturated carbocycles. The quantitative estimate of drug-likeness (QED) is 0.692.